The standard InChI is InChI=1S/C11H16N2O6S/c1-3-6(2)9(11(15)16)13-10(14)7-4-5-8(19-7)20(12,17)18/h4-6,9H,3H2,1-2H3,(H,13,14)(H,15,16)(H2,12,17,18)/t6-,9-/m0/s1. The number of nitrogens with one attached hydrogen (secondary N) is 1. The maximum absolute atomic E-state index is 11.8. The zero-order chi connectivity index (χ0) is 15.5. The average Bonchev–Trinajstić information content (AvgIpc) is 2.83. The van der Waals surface area contributed by atoms with E-state index in [1.165, 1.54) is 0 Å². The fourth-order valence-corrected chi connectivity index (χ4v) is 1.95. The molecule has 9 heteroatoms. The van der Waals surface area contributed by atoms with Gasteiger partial charge in [0.15, 0.2) is 5.76 Å². The number of rotatable bonds is 6. The molecule has 0 saturated carbocycles. The third kappa shape index (κ3) is 3.81. The van der Waals surface area contributed by atoms with Gasteiger partial charge in [-0.2, -0.15) is 0 Å². The summed E-state index contributed by atoms with van der Waals surface area (Å²) in [5.41, 5.74) is 0. The Balaban J connectivity index is 2.90. The number of carbonyl (C=O) groups excluding carboxylic acids is 1. The maximum Gasteiger partial charge on any atom is 0.326 e. The van der Waals surface area contributed by atoms with Gasteiger partial charge in [0.25, 0.3) is 15.9 Å². The second-order valence-corrected chi connectivity index (χ2v) is 5.83. The minimum atomic E-state index is -4.04. The molecule has 112 valence electrons. The summed E-state index contributed by atoms with van der Waals surface area (Å²) in [5.74, 6) is -2.59. The Kier molecular flexibility index (Phi) is 4.90. The third-order valence-electron chi connectivity index (χ3n) is 2.85. The van der Waals surface area contributed by atoms with Crippen molar-refractivity contribution in [1.82, 2.24) is 5.32 Å². The van der Waals surface area contributed by atoms with E-state index in [1.807, 2.05) is 0 Å². The van der Waals surface area contributed by atoms with Gasteiger partial charge >= 0.3 is 5.97 Å². The largest absolute Gasteiger partial charge is 0.480 e. The van der Waals surface area contributed by atoms with Crippen LogP contribution in [-0.2, 0) is 14.8 Å². The topological polar surface area (TPSA) is 140 Å². The van der Waals surface area contributed by atoms with Crippen LogP contribution < -0.4 is 10.5 Å². The van der Waals surface area contributed by atoms with Gasteiger partial charge < -0.3 is 14.8 Å². The minimum Gasteiger partial charge on any atom is -0.480 e. The molecule has 8 nitrogen and oxygen atoms in total. The van der Waals surface area contributed by atoms with E-state index < -0.39 is 33.0 Å². The van der Waals surface area contributed by atoms with E-state index in [-0.39, 0.29) is 11.7 Å². The minimum absolute atomic E-state index is 0.288. The predicted octanol–water partition coefficient (Wildman–Crippen LogP) is 0.156. The normalized spacial score (nSPS) is 14.6. The van der Waals surface area contributed by atoms with Crippen LogP contribution >= 0.6 is 0 Å². The fraction of sp³-hybridized carbons (Fsp3) is 0.455. The molecule has 1 aromatic heterocycles. The molecule has 0 aromatic carbocycles. The van der Waals surface area contributed by atoms with Gasteiger partial charge in [-0.3, -0.25) is 4.79 Å². The van der Waals surface area contributed by atoms with Crippen LogP contribution in [0.25, 0.3) is 0 Å². The van der Waals surface area contributed by atoms with Crippen molar-refractivity contribution in [3.8, 4) is 0 Å². The van der Waals surface area contributed by atoms with Gasteiger partial charge in [-0.25, -0.2) is 18.4 Å². The van der Waals surface area contributed by atoms with Crippen LogP contribution in [0.2, 0.25) is 0 Å². The highest BCUT2D eigenvalue weighted by Crippen LogP contribution is 2.14. The molecule has 0 fully saturated rings. The molecule has 20 heavy (non-hydrogen) atoms. The summed E-state index contributed by atoms with van der Waals surface area (Å²) in [6.07, 6.45) is 0.553. The molecule has 0 unspecified atom stereocenters. The first-order valence-electron chi connectivity index (χ1n) is 5.83. The Bertz CT molecular complexity index is 606. The highest BCUT2D eigenvalue weighted by molar-refractivity contribution is 7.89. The number of amides is 1. The Hall–Kier alpha value is -1.87. The zero-order valence-electron chi connectivity index (χ0n) is 11.0. The molecule has 0 bridgehead atoms. The van der Waals surface area contributed by atoms with Crippen molar-refractivity contribution < 1.29 is 27.5 Å². The van der Waals surface area contributed by atoms with Gasteiger partial charge in [0.1, 0.15) is 6.04 Å². The second-order valence-electron chi connectivity index (χ2n) is 4.34. The summed E-state index contributed by atoms with van der Waals surface area (Å²) < 4.78 is 26.8. The van der Waals surface area contributed by atoms with Crippen LogP contribution in [0.4, 0.5) is 0 Å². The fourth-order valence-electron chi connectivity index (χ4n) is 1.49. The molecule has 0 aliphatic carbocycles. The number of hydrogen-bond donors (Lipinski definition) is 3. The van der Waals surface area contributed by atoms with E-state index >= 15 is 0 Å². The quantitative estimate of drug-likeness (QED) is 0.683. The lowest BCUT2D eigenvalue weighted by atomic mass is 9.99. The summed E-state index contributed by atoms with van der Waals surface area (Å²) in [6, 6.07) is 1.06. The number of nitrogens with two attached hydrogens (primary N) is 1. The molecule has 1 rings (SSSR count). The highest BCUT2D eigenvalue weighted by Gasteiger charge is 2.27. The number of carbonyl (C=O) groups is 2. The van der Waals surface area contributed by atoms with E-state index in [1.54, 1.807) is 13.8 Å². The molecule has 0 aliphatic rings. The van der Waals surface area contributed by atoms with Crippen LogP contribution in [0.5, 0.6) is 0 Å². The Labute approximate surface area is 116 Å². The maximum atomic E-state index is 11.8. The van der Waals surface area contributed by atoms with Crippen molar-refractivity contribution in [2.24, 2.45) is 11.1 Å². The van der Waals surface area contributed by atoms with Crippen LogP contribution in [-0.4, -0.2) is 31.4 Å². The molecular weight excluding hydrogens is 288 g/mol. The number of aliphatic carboxylic acids is 1. The van der Waals surface area contributed by atoms with Crippen molar-refractivity contribution in [2.45, 2.75) is 31.4 Å². The first kappa shape index (κ1) is 16.2. The van der Waals surface area contributed by atoms with E-state index in [9.17, 15) is 18.0 Å². The van der Waals surface area contributed by atoms with E-state index in [0.717, 1.165) is 12.1 Å². The Morgan fingerprint density at radius 1 is 1.45 bits per heavy atom. The van der Waals surface area contributed by atoms with E-state index in [4.69, 9.17) is 14.7 Å². The number of hydrogen-bond acceptors (Lipinski definition) is 5. The molecule has 0 radical (unpaired) electrons. The smallest absolute Gasteiger partial charge is 0.326 e. The van der Waals surface area contributed by atoms with Crippen LogP contribution in [0.3, 0.4) is 0 Å². The second kappa shape index (κ2) is 6.06. The Morgan fingerprint density at radius 2 is 2.05 bits per heavy atom. The summed E-state index contributed by atoms with van der Waals surface area (Å²) in [5, 5.41) is 15.6. The van der Waals surface area contributed by atoms with Crippen LogP contribution in [0, 0.1) is 5.92 Å². The van der Waals surface area contributed by atoms with Gasteiger partial charge in [-0.1, -0.05) is 20.3 Å². The van der Waals surface area contributed by atoms with Gasteiger partial charge in [0, 0.05) is 0 Å². The lowest BCUT2D eigenvalue weighted by Crippen LogP contribution is -2.44. The predicted molar refractivity (Wildman–Crippen MR) is 68.4 cm³/mol. The number of carboxylic acid groups (broad SMARTS) is 1. The van der Waals surface area contributed by atoms with Crippen molar-refractivity contribution in [1.29, 1.82) is 0 Å². The van der Waals surface area contributed by atoms with Gasteiger partial charge in [-0.05, 0) is 18.1 Å². The summed E-state index contributed by atoms with van der Waals surface area (Å²) >= 11 is 0. The molecule has 0 saturated heterocycles. The molecule has 4 N–H and O–H groups in total. The van der Waals surface area contributed by atoms with Crippen LogP contribution in [0.15, 0.2) is 21.6 Å². The summed E-state index contributed by atoms with van der Waals surface area (Å²) in [4.78, 5) is 22.9. The van der Waals surface area contributed by atoms with E-state index in [0.29, 0.717) is 6.42 Å². The third-order valence-corrected chi connectivity index (χ3v) is 3.63. The SMILES string of the molecule is CC[C@H](C)[C@H](NC(=O)c1ccc(S(N)(=O)=O)o1)C(=O)O. The molecule has 1 heterocycles. The molecular formula is C11H16N2O6S. The number of carboxylic acids is 1. The van der Waals surface area contributed by atoms with Gasteiger partial charge in [0.05, 0.1) is 0 Å². The lowest BCUT2D eigenvalue weighted by Gasteiger charge is -2.19. The molecule has 1 aromatic rings. The number of primary sulfonamides is 1. The number of furan rings is 1. The van der Waals surface area contributed by atoms with Crippen molar-refractivity contribution in [3.05, 3.63) is 17.9 Å². The lowest BCUT2D eigenvalue weighted by molar-refractivity contribution is -0.140. The Morgan fingerprint density at radius 3 is 2.45 bits per heavy atom. The van der Waals surface area contributed by atoms with Crippen LogP contribution in [0.1, 0.15) is 30.8 Å². The highest BCUT2D eigenvalue weighted by atomic mass is 32.2. The monoisotopic (exact) mass is 304 g/mol. The first-order valence-corrected chi connectivity index (χ1v) is 7.37. The van der Waals surface area contributed by atoms with Crippen molar-refractivity contribution >= 4 is 21.9 Å². The van der Waals surface area contributed by atoms with Crippen molar-refractivity contribution in [2.75, 3.05) is 0 Å². The molecule has 0 spiro atoms. The summed E-state index contributed by atoms with van der Waals surface area (Å²) in [6.45, 7) is 3.47. The molecule has 0 aliphatic heterocycles. The van der Waals surface area contributed by atoms with Gasteiger partial charge in [0.2, 0.25) is 5.09 Å². The zero-order valence-corrected chi connectivity index (χ0v) is 11.8. The van der Waals surface area contributed by atoms with Gasteiger partial charge in [-0.15, -0.1) is 0 Å². The summed E-state index contributed by atoms with van der Waals surface area (Å²) in [7, 11) is -4.04. The van der Waals surface area contributed by atoms with E-state index in [2.05, 4.69) is 5.32 Å². The first-order chi connectivity index (χ1) is 9.16. The van der Waals surface area contributed by atoms with Crippen molar-refractivity contribution in [3.63, 3.8) is 0 Å². The molecule has 2 atom stereocenters. The number of sulfonamides is 1. The average molecular weight is 304 g/mol. The molecule has 1 amide bonds.